The molecule has 1 aromatic carbocycles. The molecule has 0 bridgehead atoms. The van der Waals surface area contributed by atoms with Crippen LogP contribution in [0.25, 0.3) is 17.2 Å². The maximum Gasteiger partial charge on any atom is 0.225 e. The highest BCUT2D eigenvalue weighted by atomic mass is 16.3. The maximum absolute atomic E-state index is 6.10. The second kappa shape index (κ2) is 6.40. The van der Waals surface area contributed by atoms with Crippen molar-refractivity contribution in [1.82, 2.24) is 19.6 Å². The van der Waals surface area contributed by atoms with E-state index in [4.69, 9.17) is 21.6 Å². The third-order valence-electron chi connectivity index (χ3n) is 4.25. The number of fused-ring (bicyclic) bond motifs is 1. The molecule has 3 heterocycles. The number of hydrogen-bond acceptors (Lipinski definition) is 7. The van der Waals surface area contributed by atoms with Crippen molar-refractivity contribution in [3.8, 4) is 11.6 Å². The van der Waals surface area contributed by atoms with Crippen molar-refractivity contribution in [2.45, 2.75) is 19.3 Å². The molecule has 4 aromatic rings. The number of hydrogen-bond donors (Lipinski definition) is 3. The zero-order chi connectivity index (χ0) is 18.1. The summed E-state index contributed by atoms with van der Waals surface area (Å²) in [4.78, 5) is 8.76. The summed E-state index contributed by atoms with van der Waals surface area (Å²) in [6, 6.07) is 11.4. The van der Waals surface area contributed by atoms with Crippen LogP contribution in [0.15, 0.2) is 47.1 Å². The summed E-state index contributed by atoms with van der Waals surface area (Å²) in [6.07, 6.45) is 4.07. The van der Waals surface area contributed by atoms with Gasteiger partial charge in [-0.25, -0.2) is 4.98 Å². The van der Waals surface area contributed by atoms with Crippen LogP contribution in [0.2, 0.25) is 0 Å². The van der Waals surface area contributed by atoms with Crippen molar-refractivity contribution in [2.24, 2.45) is 0 Å². The lowest BCUT2D eigenvalue weighted by atomic mass is 10.0. The zero-order valence-corrected chi connectivity index (χ0v) is 14.1. The summed E-state index contributed by atoms with van der Waals surface area (Å²) in [6.45, 7) is 0. The second-order valence-electron chi connectivity index (χ2n) is 6.08. The molecule has 8 heteroatoms. The largest absolute Gasteiger partial charge is 0.461 e. The first-order valence-electron chi connectivity index (χ1n) is 8.30. The van der Waals surface area contributed by atoms with Crippen LogP contribution in [-0.4, -0.2) is 19.6 Å². The molecule has 0 saturated heterocycles. The summed E-state index contributed by atoms with van der Waals surface area (Å²) in [7, 11) is 0. The van der Waals surface area contributed by atoms with Gasteiger partial charge in [0.1, 0.15) is 5.82 Å². The zero-order valence-electron chi connectivity index (χ0n) is 14.1. The Morgan fingerprint density at radius 2 is 1.77 bits per heavy atom. The van der Waals surface area contributed by atoms with Gasteiger partial charge in [0, 0.05) is 11.3 Å². The number of aromatic nitrogens is 4. The van der Waals surface area contributed by atoms with E-state index in [9.17, 15) is 0 Å². The standard InChI is InChI=1S/C18H19N7O/c19-12-8-6-11(7-9-12)3-1-4-13-15(20)22-18(21)25-17(13)23-16(24-25)14-5-2-10-26-14/h2,5-10H,1,3-4,19-20H2,(H2,21,22). The predicted octanol–water partition coefficient (Wildman–Crippen LogP) is 2.31. The Balaban J connectivity index is 1.62. The number of nitrogens with zero attached hydrogens (tertiary/aromatic N) is 4. The molecule has 4 rings (SSSR count). The molecule has 0 spiro atoms. The van der Waals surface area contributed by atoms with E-state index in [2.05, 4.69) is 15.1 Å². The molecule has 0 atom stereocenters. The topological polar surface area (TPSA) is 134 Å². The Kier molecular flexibility index (Phi) is 3.92. The molecule has 8 nitrogen and oxygen atoms in total. The molecule has 0 amide bonds. The minimum atomic E-state index is 0.199. The molecule has 3 aromatic heterocycles. The molecule has 0 fully saturated rings. The van der Waals surface area contributed by atoms with E-state index in [1.165, 1.54) is 10.1 Å². The first kappa shape index (κ1) is 15.9. The average Bonchev–Trinajstić information content (AvgIpc) is 3.29. The van der Waals surface area contributed by atoms with E-state index in [-0.39, 0.29) is 5.95 Å². The fourth-order valence-electron chi connectivity index (χ4n) is 2.92. The van der Waals surface area contributed by atoms with Crippen LogP contribution in [0.3, 0.4) is 0 Å². The molecule has 26 heavy (non-hydrogen) atoms. The van der Waals surface area contributed by atoms with Crippen molar-refractivity contribution in [2.75, 3.05) is 17.2 Å². The lowest BCUT2D eigenvalue weighted by Gasteiger charge is -2.08. The fourth-order valence-corrected chi connectivity index (χ4v) is 2.92. The van der Waals surface area contributed by atoms with Gasteiger partial charge >= 0.3 is 0 Å². The number of nitrogens with two attached hydrogens (primary N) is 3. The SMILES string of the molecule is Nc1ccc(CCCc2c(N)nc(N)n3nc(-c4ccco4)nc23)cc1. The molecule has 0 radical (unpaired) electrons. The molecule has 0 aliphatic carbocycles. The van der Waals surface area contributed by atoms with Gasteiger partial charge < -0.3 is 21.6 Å². The number of rotatable bonds is 5. The van der Waals surface area contributed by atoms with Crippen molar-refractivity contribution < 1.29 is 4.42 Å². The van der Waals surface area contributed by atoms with Gasteiger partial charge in [-0.05, 0) is 49.1 Å². The van der Waals surface area contributed by atoms with E-state index in [0.717, 1.165) is 24.1 Å². The molecule has 0 unspecified atom stereocenters. The van der Waals surface area contributed by atoms with Gasteiger partial charge in [-0.15, -0.1) is 5.10 Å². The van der Waals surface area contributed by atoms with Crippen LogP contribution < -0.4 is 17.2 Å². The summed E-state index contributed by atoms with van der Waals surface area (Å²) in [5.41, 5.74) is 21.2. The van der Waals surface area contributed by atoms with Crippen molar-refractivity contribution >= 4 is 23.1 Å². The average molecular weight is 349 g/mol. The van der Waals surface area contributed by atoms with Gasteiger partial charge in [-0.3, -0.25) is 0 Å². The molecular weight excluding hydrogens is 330 g/mol. The Labute approximate surface area is 149 Å². The van der Waals surface area contributed by atoms with Gasteiger partial charge in [-0.2, -0.15) is 9.50 Å². The summed E-state index contributed by atoms with van der Waals surface area (Å²) < 4.78 is 6.87. The fraction of sp³-hybridized carbons (Fsp3) is 0.167. The summed E-state index contributed by atoms with van der Waals surface area (Å²) >= 11 is 0. The van der Waals surface area contributed by atoms with Gasteiger partial charge in [0.05, 0.1) is 6.26 Å². The van der Waals surface area contributed by atoms with E-state index in [0.29, 0.717) is 29.5 Å². The first-order valence-corrected chi connectivity index (χ1v) is 8.30. The lowest BCUT2D eigenvalue weighted by Crippen LogP contribution is -2.09. The van der Waals surface area contributed by atoms with E-state index in [1.807, 2.05) is 24.3 Å². The lowest BCUT2D eigenvalue weighted by molar-refractivity contribution is 0.577. The third-order valence-corrected chi connectivity index (χ3v) is 4.25. The van der Waals surface area contributed by atoms with E-state index >= 15 is 0 Å². The number of anilines is 3. The van der Waals surface area contributed by atoms with Gasteiger partial charge in [0.25, 0.3) is 0 Å². The number of furan rings is 1. The third kappa shape index (κ3) is 2.92. The number of benzene rings is 1. The highest BCUT2D eigenvalue weighted by Gasteiger charge is 2.17. The van der Waals surface area contributed by atoms with E-state index in [1.54, 1.807) is 18.4 Å². The highest BCUT2D eigenvalue weighted by molar-refractivity contribution is 5.64. The molecule has 0 aliphatic heterocycles. The Hall–Kier alpha value is -3.55. The summed E-state index contributed by atoms with van der Waals surface area (Å²) in [5.74, 6) is 1.60. The van der Waals surface area contributed by atoms with Gasteiger partial charge in [0.2, 0.25) is 11.8 Å². The molecule has 6 N–H and O–H groups in total. The van der Waals surface area contributed by atoms with Gasteiger partial charge in [0.15, 0.2) is 11.4 Å². The monoisotopic (exact) mass is 349 g/mol. The van der Waals surface area contributed by atoms with Crippen LogP contribution in [0.5, 0.6) is 0 Å². The van der Waals surface area contributed by atoms with Crippen LogP contribution in [0.4, 0.5) is 17.5 Å². The Morgan fingerprint density at radius 1 is 0.962 bits per heavy atom. The minimum absolute atomic E-state index is 0.199. The Morgan fingerprint density at radius 3 is 2.50 bits per heavy atom. The first-order chi connectivity index (χ1) is 12.6. The molecular formula is C18H19N7O. The molecule has 132 valence electrons. The van der Waals surface area contributed by atoms with Crippen LogP contribution in [0.1, 0.15) is 17.5 Å². The molecule has 0 aliphatic rings. The second-order valence-corrected chi connectivity index (χ2v) is 6.08. The number of nitrogen functional groups attached to an aromatic ring is 3. The smallest absolute Gasteiger partial charge is 0.225 e. The summed E-state index contributed by atoms with van der Waals surface area (Å²) in [5, 5.41) is 4.39. The van der Waals surface area contributed by atoms with Crippen LogP contribution in [-0.2, 0) is 12.8 Å². The number of aryl methyl sites for hydroxylation is 2. The van der Waals surface area contributed by atoms with Crippen molar-refractivity contribution in [1.29, 1.82) is 0 Å². The van der Waals surface area contributed by atoms with Gasteiger partial charge in [-0.1, -0.05) is 12.1 Å². The maximum atomic E-state index is 6.10. The van der Waals surface area contributed by atoms with E-state index < -0.39 is 0 Å². The minimum Gasteiger partial charge on any atom is -0.461 e. The molecule has 0 saturated carbocycles. The quantitative estimate of drug-likeness (QED) is 0.470. The van der Waals surface area contributed by atoms with Crippen molar-refractivity contribution in [3.63, 3.8) is 0 Å². The highest BCUT2D eigenvalue weighted by Crippen LogP contribution is 2.24. The van der Waals surface area contributed by atoms with Crippen LogP contribution >= 0.6 is 0 Å². The predicted molar refractivity (Wildman–Crippen MR) is 100 cm³/mol. The Bertz CT molecular complexity index is 1040. The van der Waals surface area contributed by atoms with Crippen LogP contribution in [0, 0.1) is 0 Å². The normalized spacial score (nSPS) is 11.2. The van der Waals surface area contributed by atoms with Crippen molar-refractivity contribution in [3.05, 3.63) is 53.8 Å².